The highest BCUT2D eigenvalue weighted by Gasteiger charge is 2.29. The van der Waals surface area contributed by atoms with Gasteiger partial charge in [-0.15, -0.1) is 0 Å². The van der Waals surface area contributed by atoms with Crippen LogP contribution in [0.25, 0.3) is 11.1 Å². The lowest BCUT2D eigenvalue weighted by Crippen LogP contribution is -2.48. The van der Waals surface area contributed by atoms with Gasteiger partial charge in [-0.25, -0.2) is 26.3 Å². The Morgan fingerprint density at radius 1 is 1.10 bits per heavy atom. The van der Waals surface area contributed by atoms with Crippen LogP contribution in [0.3, 0.4) is 0 Å². The van der Waals surface area contributed by atoms with Crippen molar-refractivity contribution in [2.45, 2.75) is 18.9 Å². The highest BCUT2D eigenvalue weighted by molar-refractivity contribution is 7.88. The lowest BCUT2D eigenvalue weighted by atomic mass is 10.0. The van der Waals surface area contributed by atoms with Crippen molar-refractivity contribution < 1.29 is 26.1 Å². The van der Waals surface area contributed by atoms with Gasteiger partial charge >= 0.3 is 6.03 Å². The van der Waals surface area contributed by atoms with Crippen molar-refractivity contribution in [1.29, 1.82) is 0 Å². The fourth-order valence-electron chi connectivity index (χ4n) is 3.25. The van der Waals surface area contributed by atoms with Gasteiger partial charge in [0.25, 0.3) is 0 Å². The molecule has 0 saturated carbocycles. The van der Waals surface area contributed by atoms with Crippen molar-refractivity contribution >= 4 is 21.7 Å². The largest absolute Gasteiger partial charge is 0.325 e. The van der Waals surface area contributed by atoms with E-state index >= 15 is 0 Å². The third-order valence-corrected chi connectivity index (χ3v) is 6.11. The molecule has 0 spiro atoms. The molecular weight excluding hydrogens is 400 g/mol. The van der Waals surface area contributed by atoms with Crippen LogP contribution in [0.4, 0.5) is 19.3 Å². The summed E-state index contributed by atoms with van der Waals surface area (Å²) in [6.07, 6.45) is 1.48. The van der Waals surface area contributed by atoms with E-state index in [4.69, 9.17) is 4.11 Å². The first-order chi connectivity index (χ1) is 14.8. The van der Waals surface area contributed by atoms with E-state index in [0.717, 1.165) is 17.2 Å². The number of urea groups is 1. The number of carbonyl (C=O) groups excluding carboxylic acids is 1. The van der Waals surface area contributed by atoms with Crippen molar-refractivity contribution in [3.63, 3.8) is 0 Å². The number of rotatable bonds is 4. The van der Waals surface area contributed by atoms with Crippen molar-refractivity contribution in [2.24, 2.45) is 0 Å². The van der Waals surface area contributed by atoms with Crippen molar-refractivity contribution in [3.8, 4) is 11.1 Å². The first-order valence-corrected chi connectivity index (χ1v) is 10.8. The van der Waals surface area contributed by atoms with Crippen LogP contribution in [0.5, 0.6) is 0 Å². The average molecular weight is 427 g/mol. The van der Waals surface area contributed by atoms with Gasteiger partial charge in [-0.05, 0) is 48.2 Å². The van der Waals surface area contributed by atoms with Crippen molar-refractivity contribution in [2.75, 3.05) is 31.6 Å². The second-order valence-electron chi connectivity index (χ2n) is 6.93. The van der Waals surface area contributed by atoms with Crippen LogP contribution in [-0.4, -0.2) is 56.0 Å². The SMILES string of the molecule is [2H]C([2H])([2H])N(C(=O)Nc1ccc(-c2cc(F)cc(F)c2)cc1)C1CCN(S(C)(=O)=O)CC1. The molecular formula is C20H23F2N3O3S. The first-order valence-electron chi connectivity index (χ1n) is 10.5. The molecule has 1 heterocycles. The molecule has 1 aliphatic rings. The van der Waals surface area contributed by atoms with Crippen molar-refractivity contribution in [3.05, 3.63) is 54.1 Å². The molecule has 2 aromatic rings. The number of halogens is 2. The Hall–Kier alpha value is -2.52. The predicted molar refractivity (Wildman–Crippen MR) is 108 cm³/mol. The van der Waals surface area contributed by atoms with Crippen LogP contribution in [-0.2, 0) is 10.0 Å². The normalized spacial score (nSPS) is 17.8. The topological polar surface area (TPSA) is 69.7 Å². The van der Waals surface area contributed by atoms with Gasteiger partial charge in [0.05, 0.1) is 6.26 Å². The van der Waals surface area contributed by atoms with Gasteiger partial charge in [0.15, 0.2) is 0 Å². The summed E-state index contributed by atoms with van der Waals surface area (Å²) in [6.45, 7) is -2.47. The minimum atomic E-state index is -3.39. The molecule has 0 aliphatic carbocycles. The minimum Gasteiger partial charge on any atom is -0.325 e. The molecule has 6 nitrogen and oxygen atoms in total. The number of benzene rings is 2. The van der Waals surface area contributed by atoms with Crippen LogP contribution >= 0.6 is 0 Å². The van der Waals surface area contributed by atoms with Crippen LogP contribution in [0.2, 0.25) is 0 Å². The summed E-state index contributed by atoms with van der Waals surface area (Å²) in [4.78, 5) is 13.6. The first kappa shape index (κ1) is 17.3. The maximum Gasteiger partial charge on any atom is 0.321 e. The zero-order valence-corrected chi connectivity index (χ0v) is 16.5. The lowest BCUT2D eigenvalue weighted by Gasteiger charge is -2.35. The van der Waals surface area contributed by atoms with Gasteiger partial charge in [-0.2, -0.15) is 0 Å². The molecule has 0 unspecified atom stereocenters. The third kappa shape index (κ3) is 5.30. The average Bonchev–Trinajstić information content (AvgIpc) is 2.66. The third-order valence-electron chi connectivity index (χ3n) is 4.81. The molecule has 1 saturated heterocycles. The standard InChI is InChI=1S/C20H23F2N3O3S/c1-24(19-7-9-25(10-8-19)29(2,27)28)20(26)23-18-5-3-14(4-6-18)15-11-16(21)13-17(22)12-15/h3-6,11-13,19H,7-10H2,1-2H3,(H,23,26)/i1D3. The maximum absolute atomic E-state index is 13.4. The van der Waals surface area contributed by atoms with Gasteiger partial charge in [-0.3, -0.25) is 0 Å². The smallest absolute Gasteiger partial charge is 0.321 e. The highest BCUT2D eigenvalue weighted by Crippen LogP contribution is 2.24. The Balaban J connectivity index is 1.73. The fourth-order valence-corrected chi connectivity index (χ4v) is 4.12. The maximum atomic E-state index is 13.4. The minimum absolute atomic E-state index is 0.127. The molecule has 3 rings (SSSR count). The van der Waals surface area contributed by atoms with Crippen LogP contribution < -0.4 is 5.32 Å². The van der Waals surface area contributed by atoms with Crippen LogP contribution in [0, 0.1) is 11.6 Å². The molecule has 156 valence electrons. The zero-order chi connectivity index (χ0) is 23.7. The molecule has 2 amide bonds. The van der Waals surface area contributed by atoms with Crippen molar-refractivity contribution in [1.82, 2.24) is 9.21 Å². The summed E-state index contributed by atoms with van der Waals surface area (Å²) in [5.41, 5.74) is 1.14. The Morgan fingerprint density at radius 3 is 2.21 bits per heavy atom. The predicted octanol–water partition coefficient (Wildman–Crippen LogP) is 3.52. The molecule has 1 aliphatic heterocycles. The number of carbonyl (C=O) groups is 1. The highest BCUT2D eigenvalue weighted by atomic mass is 32.2. The summed E-state index contributed by atoms with van der Waals surface area (Å²) in [7, 11) is -3.39. The van der Waals surface area contributed by atoms with E-state index in [-0.39, 0.29) is 25.9 Å². The molecule has 2 aromatic carbocycles. The Morgan fingerprint density at radius 2 is 1.69 bits per heavy atom. The van der Waals surface area contributed by atoms with Crippen LogP contribution in [0.1, 0.15) is 17.0 Å². The van der Waals surface area contributed by atoms with E-state index in [9.17, 15) is 22.0 Å². The molecule has 0 radical (unpaired) electrons. The van der Waals surface area contributed by atoms with E-state index in [1.54, 1.807) is 12.1 Å². The molecule has 0 atom stereocenters. The van der Waals surface area contributed by atoms with E-state index in [1.807, 2.05) is 0 Å². The number of anilines is 1. The summed E-state index contributed by atoms with van der Waals surface area (Å²) in [5, 5.41) is 2.54. The van der Waals surface area contributed by atoms with Crippen LogP contribution in [0.15, 0.2) is 42.5 Å². The molecule has 29 heavy (non-hydrogen) atoms. The summed E-state index contributed by atoms with van der Waals surface area (Å²) >= 11 is 0. The number of nitrogens with zero attached hydrogens (tertiary/aromatic N) is 2. The number of hydrogen-bond acceptors (Lipinski definition) is 3. The quantitative estimate of drug-likeness (QED) is 0.813. The summed E-state index contributed by atoms with van der Waals surface area (Å²) in [5.74, 6) is -1.43. The fraction of sp³-hybridized carbons (Fsp3) is 0.350. The van der Waals surface area contributed by atoms with E-state index < -0.39 is 40.7 Å². The molecule has 0 bridgehead atoms. The van der Waals surface area contributed by atoms with Gasteiger partial charge in [0.2, 0.25) is 10.0 Å². The monoisotopic (exact) mass is 426 g/mol. The lowest BCUT2D eigenvalue weighted by molar-refractivity contribution is 0.174. The molecule has 1 fully saturated rings. The number of hydrogen-bond donors (Lipinski definition) is 1. The number of sulfonamides is 1. The Bertz CT molecular complexity index is 1070. The number of piperidine rings is 1. The molecule has 1 N–H and O–H groups in total. The van der Waals surface area contributed by atoms with Gasteiger partial charge < -0.3 is 10.2 Å². The van der Waals surface area contributed by atoms with E-state index in [0.29, 0.717) is 16.8 Å². The zero-order valence-electron chi connectivity index (χ0n) is 18.7. The molecule has 9 heteroatoms. The van der Waals surface area contributed by atoms with Gasteiger partial charge in [0, 0.05) is 42.0 Å². The Kier molecular flexibility index (Phi) is 5.06. The van der Waals surface area contributed by atoms with Gasteiger partial charge in [-0.1, -0.05) is 12.1 Å². The summed E-state index contributed by atoms with van der Waals surface area (Å²) in [6, 6.07) is 7.72. The molecule has 0 aromatic heterocycles. The van der Waals surface area contributed by atoms with E-state index in [2.05, 4.69) is 5.32 Å². The number of nitrogens with one attached hydrogen (secondary N) is 1. The second-order valence-corrected chi connectivity index (χ2v) is 8.91. The summed E-state index contributed by atoms with van der Waals surface area (Å²) < 4.78 is 74.8. The number of amides is 2. The Labute approximate surface area is 173 Å². The second kappa shape index (κ2) is 8.46. The van der Waals surface area contributed by atoms with E-state index in [1.165, 1.54) is 28.6 Å². The van der Waals surface area contributed by atoms with Gasteiger partial charge in [0.1, 0.15) is 11.6 Å².